The molecule has 1 radical (unpaired) electrons. The van der Waals surface area contributed by atoms with Gasteiger partial charge in [-0.15, -0.1) is 0 Å². The summed E-state index contributed by atoms with van der Waals surface area (Å²) in [6.07, 6.45) is 2.84. The molecule has 19 heavy (non-hydrogen) atoms. The number of nitrogens with zero attached hydrogens (tertiary/aromatic N) is 1. The van der Waals surface area contributed by atoms with Crippen LogP contribution in [0.5, 0.6) is 0 Å². The second-order valence-corrected chi connectivity index (χ2v) is 4.32. The number of hydrogen-bond donors (Lipinski definition) is 1. The number of hydrogen-bond acceptors (Lipinski definition) is 3. The van der Waals surface area contributed by atoms with Gasteiger partial charge in [0.15, 0.2) is 6.20 Å². The van der Waals surface area contributed by atoms with Crippen molar-refractivity contribution in [2.24, 2.45) is 0 Å². The van der Waals surface area contributed by atoms with Gasteiger partial charge in [0.2, 0.25) is 11.8 Å². The van der Waals surface area contributed by atoms with Crippen LogP contribution in [0.15, 0.2) is 59.0 Å². The fourth-order valence-corrected chi connectivity index (χ4v) is 1.77. The van der Waals surface area contributed by atoms with Gasteiger partial charge in [-0.25, -0.2) is 4.98 Å². The lowest BCUT2D eigenvalue weighted by Crippen LogP contribution is -1.87. The van der Waals surface area contributed by atoms with Crippen molar-refractivity contribution in [3.05, 3.63) is 66.4 Å². The Hall–Kier alpha value is -2.55. The monoisotopic (exact) mass is 249 g/mol. The Labute approximate surface area is 111 Å². The zero-order valence-corrected chi connectivity index (χ0v) is 10.6. The highest BCUT2D eigenvalue weighted by molar-refractivity contribution is 5.58. The fourth-order valence-electron chi connectivity index (χ4n) is 1.77. The zero-order chi connectivity index (χ0) is 13.1. The summed E-state index contributed by atoms with van der Waals surface area (Å²) >= 11 is 0. The highest BCUT2D eigenvalue weighted by Crippen LogP contribution is 2.23. The molecular formula is C16H13N2O. The minimum Gasteiger partial charge on any atom is -0.420 e. The molecule has 1 aromatic heterocycles. The molecule has 3 aromatic rings. The summed E-state index contributed by atoms with van der Waals surface area (Å²) in [5, 5.41) is 3.14. The molecule has 0 fully saturated rings. The number of aromatic nitrogens is 1. The maximum absolute atomic E-state index is 5.63. The Bertz CT molecular complexity index is 657. The summed E-state index contributed by atoms with van der Waals surface area (Å²) in [4.78, 5) is 4.15. The van der Waals surface area contributed by atoms with Gasteiger partial charge in [0.05, 0.1) is 0 Å². The molecule has 0 unspecified atom stereocenters. The zero-order valence-electron chi connectivity index (χ0n) is 10.6. The van der Waals surface area contributed by atoms with Crippen molar-refractivity contribution in [1.82, 2.24) is 4.98 Å². The topological polar surface area (TPSA) is 38.1 Å². The second-order valence-electron chi connectivity index (χ2n) is 4.32. The first kappa shape index (κ1) is 11.5. The molecule has 1 N–H and O–H groups in total. The number of rotatable bonds is 3. The summed E-state index contributed by atoms with van der Waals surface area (Å²) in [7, 11) is 0. The molecule has 0 aliphatic carbocycles. The predicted molar refractivity (Wildman–Crippen MR) is 75.2 cm³/mol. The largest absolute Gasteiger partial charge is 0.420 e. The van der Waals surface area contributed by atoms with Crippen LogP contribution in [0.25, 0.3) is 11.5 Å². The van der Waals surface area contributed by atoms with E-state index < -0.39 is 0 Å². The van der Waals surface area contributed by atoms with Crippen molar-refractivity contribution < 1.29 is 4.42 Å². The molecule has 0 bridgehead atoms. The van der Waals surface area contributed by atoms with E-state index >= 15 is 0 Å². The van der Waals surface area contributed by atoms with Crippen molar-refractivity contribution >= 4 is 11.6 Å². The third kappa shape index (κ3) is 2.65. The molecule has 0 amide bonds. The summed E-state index contributed by atoms with van der Waals surface area (Å²) in [5.74, 6) is 1.08. The van der Waals surface area contributed by atoms with E-state index in [1.54, 1.807) is 0 Å². The Morgan fingerprint density at radius 2 is 1.74 bits per heavy atom. The van der Waals surface area contributed by atoms with Gasteiger partial charge in [-0.3, -0.25) is 0 Å². The predicted octanol–water partition coefficient (Wildman–Crippen LogP) is 4.19. The molecule has 3 nitrogen and oxygen atoms in total. The molecule has 3 heteroatoms. The van der Waals surface area contributed by atoms with E-state index in [0.717, 1.165) is 11.3 Å². The van der Waals surface area contributed by atoms with Crippen LogP contribution >= 0.6 is 0 Å². The maximum atomic E-state index is 5.63. The van der Waals surface area contributed by atoms with Crippen molar-refractivity contribution in [1.29, 1.82) is 0 Å². The molecule has 0 spiro atoms. The van der Waals surface area contributed by atoms with Crippen LogP contribution in [0.1, 0.15) is 5.56 Å². The van der Waals surface area contributed by atoms with Crippen LogP contribution in [0.2, 0.25) is 0 Å². The molecule has 0 saturated carbocycles. The van der Waals surface area contributed by atoms with Crippen molar-refractivity contribution in [3.8, 4) is 11.5 Å². The summed E-state index contributed by atoms with van der Waals surface area (Å²) < 4.78 is 5.63. The molecule has 0 aliphatic heterocycles. The van der Waals surface area contributed by atoms with Crippen LogP contribution in [0.4, 0.5) is 11.6 Å². The van der Waals surface area contributed by atoms with Gasteiger partial charge in [0.25, 0.3) is 0 Å². The molecule has 93 valence electrons. The first-order chi connectivity index (χ1) is 9.31. The minimum absolute atomic E-state index is 0.516. The van der Waals surface area contributed by atoms with Crippen LogP contribution in [-0.2, 0) is 0 Å². The van der Waals surface area contributed by atoms with Gasteiger partial charge < -0.3 is 9.73 Å². The number of aryl methyl sites for hydroxylation is 1. The molecule has 0 atom stereocenters. The Morgan fingerprint density at radius 1 is 1.00 bits per heavy atom. The van der Waals surface area contributed by atoms with E-state index in [0.29, 0.717) is 11.8 Å². The Kier molecular flexibility index (Phi) is 3.02. The third-order valence-corrected chi connectivity index (χ3v) is 2.79. The van der Waals surface area contributed by atoms with Gasteiger partial charge in [0, 0.05) is 11.3 Å². The van der Waals surface area contributed by atoms with Gasteiger partial charge in [-0.1, -0.05) is 35.9 Å². The number of anilines is 2. The summed E-state index contributed by atoms with van der Waals surface area (Å²) in [5.41, 5.74) is 3.12. The SMILES string of the molecule is Cc1ccc(Nc2[c]nc(-c3ccccc3)o2)cc1. The van der Waals surface area contributed by atoms with Crippen molar-refractivity contribution in [3.63, 3.8) is 0 Å². The average Bonchev–Trinajstić information content (AvgIpc) is 2.91. The van der Waals surface area contributed by atoms with Crippen molar-refractivity contribution in [2.45, 2.75) is 6.92 Å². The van der Waals surface area contributed by atoms with Crippen LogP contribution in [0, 0.1) is 13.1 Å². The lowest BCUT2D eigenvalue weighted by Gasteiger charge is -2.02. The van der Waals surface area contributed by atoms with Crippen LogP contribution in [0.3, 0.4) is 0 Å². The van der Waals surface area contributed by atoms with Gasteiger partial charge in [-0.2, -0.15) is 0 Å². The lowest BCUT2D eigenvalue weighted by molar-refractivity contribution is 0.591. The van der Waals surface area contributed by atoms with Crippen LogP contribution in [-0.4, -0.2) is 4.98 Å². The number of nitrogens with one attached hydrogen (secondary N) is 1. The van der Waals surface area contributed by atoms with E-state index in [4.69, 9.17) is 4.42 Å². The van der Waals surface area contributed by atoms with E-state index in [1.165, 1.54) is 5.56 Å². The van der Waals surface area contributed by atoms with Gasteiger partial charge >= 0.3 is 0 Å². The normalized spacial score (nSPS) is 10.4. The highest BCUT2D eigenvalue weighted by atomic mass is 16.4. The number of benzene rings is 2. The average molecular weight is 249 g/mol. The molecular weight excluding hydrogens is 236 g/mol. The standard InChI is InChI=1S/C16H13N2O/c1-12-7-9-14(10-8-12)18-15-11-17-16(19-15)13-5-3-2-4-6-13/h2-10,18H,1H3. The van der Waals surface area contributed by atoms with Crippen LogP contribution < -0.4 is 5.32 Å². The molecule has 1 heterocycles. The third-order valence-electron chi connectivity index (χ3n) is 2.79. The molecule has 0 aliphatic rings. The van der Waals surface area contributed by atoms with E-state index in [1.807, 2.05) is 54.6 Å². The van der Waals surface area contributed by atoms with E-state index in [2.05, 4.69) is 23.4 Å². The molecule has 2 aromatic carbocycles. The smallest absolute Gasteiger partial charge is 0.229 e. The van der Waals surface area contributed by atoms with Gasteiger partial charge in [0.1, 0.15) is 0 Å². The fraction of sp³-hybridized carbons (Fsp3) is 0.0625. The Balaban J connectivity index is 1.80. The second kappa shape index (κ2) is 4.98. The summed E-state index contributed by atoms with van der Waals surface area (Å²) in [6, 6.07) is 17.8. The quantitative estimate of drug-likeness (QED) is 0.756. The lowest BCUT2D eigenvalue weighted by atomic mass is 10.2. The maximum Gasteiger partial charge on any atom is 0.229 e. The molecule has 0 saturated heterocycles. The van der Waals surface area contributed by atoms with Gasteiger partial charge in [-0.05, 0) is 31.2 Å². The number of oxazole rings is 1. The highest BCUT2D eigenvalue weighted by Gasteiger charge is 2.06. The molecule has 3 rings (SSSR count). The first-order valence-electron chi connectivity index (χ1n) is 6.09. The minimum atomic E-state index is 0.516. The first-order valence-corrected chi connectivity index (χ1v) is 6.09. The van der Waals surface area contributed by atoms with Crippen molar-refractivity contribution in [2.75, 3.05) is 5.32 Å². The summed E-state index contributed by atoms with van der Waals surface area (Å²) in [6.45, 7) is 2.05. The van der Waals surface area contributed by atoms with E-state index in [9.17, 15) is 0 Å². The van der Waals surface area contributed by atoms with E-state index in [-0.39, 0.29) is 0 Å². The Morgan fingerprint density at radius 3 is 2.47 bits per heavy atom.